The second-order valence-electron chi connectivity index (χ2n) is 4.60. The Kier molecular flexibility index (Phi) is 3.44. The predicted molar refractivity (Wildman–Crippen MR) is 76.1 cm³/mol. The Labute approximate surface area is 121 Å². The van der Waals surface area contributed by atoms with E-state index in [9.17, 15) is 8.42 Å². The molecule has 0 aliphatic heterocycles. The van der Waals surface area contributed by atoms with Gasteiger partial charge >= 0.3 is 0 Å². The van der Waals surface area contributed by atoms with Gasteiger partial charge in [-0.25, -0.2) is 9.55 Å². The Morgan fingerprint density at radius 3 is 2.52 bits per heavy atom. The number of fused-ring (bicyclic) bond motifs is 1. The van der Waals surface area contributed by atoms with E-state index in [1.54, 1.807) is 29.1 Å². The molecule has 3 rings (SSSR count). The van der Waals surface area contributed by atoms with Gasteiger partial charge in [0.05, 0.1) is 0 Å². The smallest absolute Gasteiger partial charge is 0.271 e. The lowest BCUT2D eigenvalue weighted by atomic mass is 10.2. The number of aryl methyl sites for hydroxylation is 1. The minimum Gasteiger partial charge on any atom is -0.436 e. The summed E-state index contributed by atoms with van der Waals surface area (Å²) in [5, 5.41) is 0. The molecule has 3 aromatic rings. The van der Waals surface area contributed by atoms with E-state index < -0.39 is 10.1 Å². The number of benzene rings is 1. The number of para-hydroxylation sites is 2. The van der Waals surface area contributed by atoms with Crippen molar-refractivity contribution in [1.29, 1.82) is 0 Å². The molecule has 108 valence electrons. The van der Waals surface area contributed by atoms with Crippen LogP contribution in [-0.4, -0.2) is 23.7 Å². The molecule has 0 atom stereocenters. The lowest BCUT2D eigenvalue weighted by Crippen LogP contribution is -2.36. The van der Waals surface area contributed by atoms with Crippen LogP contribution in [-0.2, 0) is 16.7 Å². The quantitative estimate of drug-likeness (QED) is 0.585. The number of rotatable bonds is 4. The fourth-order valence-electron chi connectivity index (χ4n) is 1.97. The van der Waals surface area contributed by atoms with E-state index in [4.69, 9.17) is 8.97 Å². The highest BCUT2D eigenvalue weighted by Gasteiger charge is 2.12. The molecule has 1 N–H and O–H groups in total. The number of nitrogens with zero attached hydrogens (tertiary/aromatic N) is 2. The minimum atomic E-state index is -3.95. The molecule has 0 amide bonds. The van der Waals surface area contributed by atoms with Crippen LogP contribution in [0.15, 0.2) is 53.2 Å². The van der Waals surface area contributed by atoms with Gasteiger partial charge in [0, 0.05) is 17.7 Å². The summed E-state index contributed by atoms with van der Waals surface area (Å²) in [5.74, 6) is 0.193. The molecule has 0 unspecified atom stereocenters. The molecule has 2 heterocycles. The first-order chi connectivity index (χ1) is 10.0. The molecule has 7 heteroatoms. The molecule has 0 spiro atoms. The van der Waals surface area contributed by atoms with Crippen molar-refractivity contribution in [2.45, 2.75) is 6.54 Å². The van der Waals surface area contributed by atoms with Crippen LogP contribution in [0.4, 0.5) is 0 Å². The number of hydrogen-bond acceptors (Lipinski definition) is 4. The molecule has 6 nitrogen and oxygen atoms in total. The van der Waals surface area contributed by atoms with Gasteiger partial charge in [-0.2, -0.15) is 8.42 Å². The van der Waals surface area contributed by atoms with Crippen molar-refractivity contribution in [2.75, 3.05) is 5.75 Å². The first kappa shape index (κ1) is 13.7. The molecule has 21 heavy (non-hydrogen) atoms. The number of oxazole rings is 1. The molecule has 0 radical (unpaired) electrons. The number of aromatic nitrogens is 2. The molecule has 2 aromatic heterocycles. The first-order valence-corrected chi connectivity index (χ1v) is 7.92. The third kappa shape index (κ3) is 3.26. The van der Waals surface area contributed by atoms with E-state index >= 15 is 0 Å². The van der Waals surface area contributed by atoms with Gasteiger partial charge in [0.2, 0.25) is 5.89 Å². The van der Waals surface area contributed by atoms with Crippen molar-refractivity contribution >= 4 is 21.2 Å². The molecule has 0 fully saturated rings. The largest absolute Gasteiger partial charge is 0.436 e. The Morgan fingerprint density at radius 1 is 1.14 bits per heavy atom. The molecule has 0 saturated heterocycles. The van der Waals surface area contributed by atoms with E-state index in [-0.39, 0.29) is 12.3 Å². The Balaban J connectivity index is 1.83. The summed E-state index contributed by atoms with van der Waals surface area (Å²) in [6.07, 6.45) is 3.44. The first-order valence-electron chi connectivity index (χ1n) is 6.31. The van der Waals surface area contributed by atoms with Crippen LogP contribution in [0, 0.1) is 0 Å². The van der Waals surface area contributed by atoms with Crippen molar-refractivity contribution in [3.05, 3.63) is 48.8 Å². The van der Waals surface area contributed by atoms with Gasteiger partial charge < -0.3 is 4.42 Å². The van der Waals surface area contributed by atoms with E-state index in [0.29, 0.717) is 5.89 Å². The van der Waals surface area contributed by atoms with Crippen molar-refractivity contribution in [1.82, 2.24) is 4.98 Å². The maximum atomic E-state index is 10.7. The van der Waals surface area contributed by atoms with E-state index in [1.165, 1.54) is 0 Å². The maximum absolute atomic E-state index is 10.7. The SMILES string of the molecule is O=S(=O)(O)CC[n+]1ccc(-c2nc3ccccc3o2)cc1. The van der Waals surface area contributed by atoms with Crippen LogP contribution in [0.2, 0.25) is 0 Å². The van der Waals surface area contributed by atoms with Crippen LogP contribution in [0.25, 0.3) is 22.6 Å². The molecular formula is C14H13N2O4S+. The summed E-state index contributed by atoms with van der Waals surface area (Å²) in [6.45, 7) is 0.187. The highest BCUT2D eigenvalue weighted by atomic mass is 32.2. The van der Waals surface area contributed by atoms with Crippen LogP contribution < -0.4 is 4.57 Å². The van der Waals surface area contributed by atoms with Crippen molar-refractivity contribution in [3.63, 3.8) is 0 Å². The van der Waals surface area contributed by atoms with Crippen molar-refractivity contribution in [3.8, 4) is 11.5 Å². The molecule has 0 bridgehead atoms. The van der Waals surface area contributed by atoms with E-state index in [1.807, 2.05) is 24.3 Å². The minimum absolute atomic E-state index is 0.187. The summed E-state index contributed by atoms with van der Waals surface area (Å²) >= 11 is 0. The zero-order valence-corrected chi connectivity index (χ0v) is 11.8. The van der Waals surface area contributed by atoms with Crippen LogP contribution in [0.3, 0.4) is 0 Å². The normalized spacial score (nSPS) is 11.9. The number of hydrogen-bond donors (Lipinski definition) is 1. The van der Waals surface area contributed by atoms with Gasteiger partial charge in [0.25, 0.3) is 10.1 Å². The van der Waals surface area contributed by atoms with Crippen LogP contribution >= 0.6 is 0 Å². The van der Waals surface area contributed by atoms with Crippen LogP contribution in [0.1, 0.15) is 0 Å². The Bertz CT molecular complexity index is 836. The van der Waals surface area contributed by atoms with E-state index in [0.717, 1.165) is 16.7 Å². The van der Waals surface area contributed by atoms with Crippen LogP contribution in [0.5, 0.6) is 0 Å². The summed E-state index contributed by atoms with van der Waals surface area (Å²) in [6, 6.07) is 11.1. The van der Waals surface area contributed by atoms with Gasteiger partial charge in [-0.3, -0.25) is 4.55 Å². The van der Waals surface area contributed by atoms with Gasteiger partial charge in [-0.05, 0) is 12.1 Å². The topological polar surface area (TPSA) is 84.3 Å². The van der Waals surface area contributed by atoms with Crippen molar-refractivity contribution < 1.29 is 22.0 Å². The summed E-state index contributed by atoms with van der Waals surface area (Å²) in [7, 11) is -3.95. The monoisotopic (exact) mass is 305 g/mol. The highest BCUT2D eigenvalue weighted by molar-refractivity contribution is 7.85. The highest BCUT2D eigenvalue weighted by Crippen LogP contribution is 2.22. The number of pyridine rings is 1. The average Bonchev–Trinajstić information content (AvgIpc) is 2.89. The maximum Gasteiger partial charge on any atom is 0.271 e. The van der Waals surface area contributed by atoms with Gasteiger partial charge in [-0.15, -0.1) is 0 Å². The van der Waals surface area contributed by atoms with Crippen molar-refractivity contribution in [2.24, 2.45) is 0 Å². The second-order valence-corrected chi connectivity index (χ2v) is 6.17. The molecule has 0 saturated carbocycles. The fraction of sp³-hybridized carbons (Fsp3) is 0.143. The average molecular weight is 305 g/mol. The lowest BCUT2D eigenvalue weighted by Gasteiger charge is -1.96. The zero-order valence-electron chi connectivity index (χ0n) is 11.0. The van der Waals surface area contributed by atoms with Gasteiger partial charge in [0.15, 0.2) is 24.5 Å². The summed E-state index contributed by atoms with van der Waals surface area (Å²) < 4.78 is 37.5. The third-order valence-corrected chi connectivity index (χ3v) is 3.74. The standard InChI is InChI=1S/C14H12N2O4S/c17-21(18,19)10-9-16-7-5-11(6-8-16)14-15-12-3-1-2-4-13(12)20-14/h1-8H,9-10H2/p+1. The third-order valence-electron chi connectivity index (χ3n) is 3.04. The van der Waals surface area contributed by atoms with Gasteiger partial charge in [-0.1, -0.05) is 12.1 Å². The Hall–Kier alpha value is -2.25. The van der Waals surface area contributed by atoms with E-state index in [2.05, 4.69) is 4.98 Å². The predicted octanol–water partition coefficient (Wildman–Crippen LogP) is 1.67. The summed E-state index contributed by atoms with van der Waals surface area (Å²) in [4.78, 5) is 4.39. The lowest BCUT2D eigenvalue weighted by molar-refractivity contribution is -0.692. The Morgan fingerprint density at radius 2 is 1.86 bits per heavy atom. The van der Waals surface area contributed by atoms with Gasteiger partial charge in [0.1, 0.15) is 11.3 Å². The molecule has 0 aliphatic rings. The second kappa shape index (κ2) is 5.27. The zero-order chi connectivity index (χ0) is 14.9. The summed E-state index contributed by atoms with van der Waals surface area (Å²) in [5.41, 5.74) is 2.31. The molecule has 0 aliphatic carbocycles. The molecule has 1 aromatic carbocycles. The fourth-order valence-corrected chi connectivity index (χ4v) is 2.41. The molecular weight excluding hydrogens is 292 g/mol.